The van der Waals surface area contributed by atoms with Gasteiger partial charge in [-0.1, -0.05) is 48.5 Å². The van der Waals surface area contributed by atoms with Crippen LogP contribution in [0.4, 0.5) is 0 Å². The van der Waals surface area contributed by atoms with Gasteiger partial charge in [0.15, 0.2) is 0 Å². The van der Waals surface area contributed by atoms with E-state index < -0.39 is 12.3 Å². The minimum absolute atomic E-state index is 0.180. The SMILES string of the molecule is O=C(O)C1=COC(c2cccc(-c3ccccc3)c2)O1. The molecule has 0 fully saturated rings. The van der Waals surface area contributed by atoms with Gasteiger partial charge < -0.3 is 14.6 Å². The van der Waals surface area contributed by atoms with Crippen LogP contribution in [0.5, 0.6) is 0 Å². The summed E-state index contributed by atoms with van der Waals surface area (Å²) in [5.74, 6) is -1.31. The molecule has 100 valence electrons. The zero-order chi connectivity index (χ0) is 13.9. The van der Waals surface area contributed by atoms with Gasteiger partial charge in [0.1, 0.15) is 6.26 Å². The van der Waals surface area contributed by atoms with Gasteiger partial charge in [-0.2, -0.15) is 0 Å². The van der Waals surface area contributed by atoms with Crippen LogP contribution in [0.25, 0.3) is 11.1 Å². The second-order valence-corrected chi connectivity index (χ2v) is 4.36. The van der Waals surface area contributed by atoms with Crippen molar-refractivity contribution in [3.05, 3.63) is 72.2 Å². The Hall–Kier alpha value is -2.75. The maximum atomic E-state index is 10.8. The first-order valence-corrected chi connectivity index (χ1v) is 6.15. The van der Waals surface area contributed by atoms with Crippen LogP contribution in [-0.2, 0) is 14.3 Å². The molecule has 1 atom stereocenters. The molecule has 0 bridgehead atoms. The molecule has 0 spiro atoms. The monoisotopic (exact) mass is 268 g/mol. The molecule has 1 N–H and O–H groups in total. The average Bonchev–Trinajstić information content (AvgIpc) is 2.98. The van der Waals surface area contributed by atoms with Gasteiger partial charge in [-0.15, -0.1) is 0 Å². The maximum Gasteiger partial charge on any atom is 0.374 e. The first kappa shape index (κ1) is 12.3. The molecule has 1 aliphatic rings. The number of carboxylic acid groups (broad SMARTS) is 1. The lowest BCUT2D eigenvalue weighted by Gasteiger charge is -2.12. The van der Waals surface area contributed by atoms with Crippen LogP contribution < -0.4 is 0 Å². The molecule has 0 aromatic heterocycles. The molecule has 0 saturated carbocycles. The molecule has 3 rings (SSSR count). The summed E-state index contributed by atoms with van der Waals surface area (Å²) in [5.41, 5.74) is 2.89. The van der Waals surface area contributed by atoms with E-state index in [1.54, 1.807) is 0 Å². The van der Waals surface area contributed by atoms with Crippen molar-refractivity contribution in [3.8, 4) is 11.1 Å². The summed E-state index contributed by atoms with van der Waals surface area (Å²) in [4.78, 5) is 10.8. The topological polar surface area (TPSA) is 55.8 Å². The molecular formula is C16H12O4. The van der Waals surface area contributed by atoms with Crippen LogP contribution in [0.15, 0.2) is 66.6 Å². The Kier molecular flexibility index (Phi) is 3.13. The van der Waals surface area contributed by atoms with Crippen LogP contribution in [-0.4, -0.2) is 11.1 Å². The van der Waals surface area contributed by atoms with Gasteiger partial charge in [0.05, 0.1) is 0 Å². The predicted octanol–water partition coefficient (Wildman–Crippen LogP) is 3.33. The van der Waals surface area contributed by atoms with Crippen molar-refractivity contribution in [2.45, 2.75) is 6.29 Å². The van der Waals surface area contributed by atoms with Crippen molar-refractivity contribution in [1.82, 2.24) is 0 Å². The van der Waals surface area contributed by atoms with E-state index in [0.29, 0.717) is 0 Å². The van der Waals surface area contributed by atoms with Gasteiger partial charge >= 0.3 is 5.97 Å². The van der Waals surface area contributed by atoms with E-state index in [1.165, 1.54) is 0 Å². The highest BCUT2D eigenvalue weighted by Gasteiger charge is 2.25. The Morgan fingerprint density at radius 3 is 2.45 bits per heavy atom. The second kappa shape index (κ2) is 5.09. The zero-order valence-electron chi connectivity index (χ0n) is 10.5. The standard InChI is InChI=1S/C16H12O4/c17-15(18)14-10-19-16(20-14)13-8-4-7-12(9-13)11-5-2-1-3-6-11/h1-10,16H,(H,17,18). The lowest BCUT2D eigenvalue weighted by Crippen LogP contribution is -2.04. The van der Waals surface area contributed by atoms with Crippen molar-refractivity contribution in [3.63, 3.8) is 0 Å². The van der Waals surface area contributed by atoms with Gasteiger partial charge in [-0.25, -0.2) is 4.79 Å². The minimum Gasteiger partial charge on any atom is -0.475 e. The molecule has 2 aromatic rings. The molecule has 1 aliphatic heterocycles. The van der Waals surface area contributed by atoms with Crippen LogP contribution in [0.2, 0.25) is 0 Å². The van der Waals surface area contributed by atoms with E-state index in [1.807, 2.05) is 54.6 Å². The molecule has 0 saturated heterocycles. The molecule has 1 unspecified atom stereocenters. The number of carboxylic acids is 1. The van der Waals surface area contributed by atoms with Crippen molar-refractivity contribution in [2.75, 3.05) is 0 Å². The molecule has 0 radical (unpaired) electrons. The van der Waals surface area contributed by atoms with Gasteiger partial charge in [-0.3, -0.25) is 0 Å². The van der Waals surface area contributed by atoms with E-state index in [-0.39, 0.29) is 5.76 Å². The lowest BCUT2D eigenvalue weighted by molar-refractivity contribution is -0.139. The smallest absolute Gasteiger partial charge is 0.374 e. The largest absolute Gasteiger partial charge is 0.475 e. The number of ether oxygens (including phenoxy) is 2. The van der Waals surface area contributed by atoms with Crippen molar-refractivity contribution in [2.24, 2.45) is 0 Å². The Bertz CT molecular complexity index is 661. The Morgan fingerprint density at radius 2 is 1.75 bits per heavy atom. The molecule has 4 heteroatoms. The van der Waals surface area contributed by atoms with Crippen LogP contribution in [0.3, 0.4) is 0 Å². The van der Waals surface area contributed by atoms with E-state index in [4.69, 9.17) is 14.6 Å². The highest BCUT2D eigenvalue weighted by atomic mass is 16.7. The summed E-state index contributed by atoms with van der Waals surface area (Å²) >= 11 is 0. The third-order valence-electron chi connectivity index (χ3n) is 3.01. The van der Waals surface area contributed by atoms with Crippen LogP contribution in [0, 0.1) is 0 Å². The third kappa shape index (κ3) is 2.36. The highest BCUT2D eigenvalue weighted by Crippen LogP contribution is 2.31. The quantitative estimate of drug-likeness (QED) is 0.927. The summed E-state index contributed by atoms with van der Waals surface area (Å²) in [6.45, 7) is 0. The van der Waals surface area contributed by atoms with Gasteiger partial charge in [0, 0.05) is 5.56 Å². The summed E-state index contributed by atoms with van der Waals surface area (Å²) in [6.07, 6.45) is 0.423. The number of hydrogen-bond acceptors (Lipinski definition) is 3. The summed E-state index contributed by atoms with van der Waals surface area (Å²) in [7, 11) is 0. The number of benzene rings is 2. The second-order valence-electron chi connectivity index (χ2n) is 4.36. The summed E-state index contributed by atoms with van der Waals surface area (Å²) in [5, 5.41) is 8.84. The van der Waals surface area contributed by atoms with E-state index >= 15 is 0 Å². The minimum atomic E-state index is -1.13. The van der Waals surface area contributed by atoms with Crippen LogP contribution >= 0.6 is 0 Å². The van der Waals surface area contributed by atoms with Crippen molar-refractivity contribution in [1.29, 1.82) is 0 Å². The first-order chi connectivity index (χ1) is 9.74. The number of aliphatic carboxylic acids is 1. The summed E-state index contributed by atoms with van der Waals surface area (Å²) < 4.78 is 10.5. The van der Waals surface area contributed by atoms with Gasteiger partial charge in [0.2, 0.25) is 5.76 Å². The first-order valence-electron chi connectivity index (χ1n) is 6.15. The number of carbonyl (C=O) groups is 1. The van der Waals surface area contributed by atoms with Crippen molar-refractivity contribution >= 4 is 5.97 Å². The fourth-order valence-corrected chi connectivity index (χ4v) is 2.04. The van der Waals surface area contributed by atoms with Crippen molar-refractivity contribution < 1.29 is 19.4 Å². The van der Waals surface area contributed by atoms with E-state index in [2.05, 4.69) is 0 Å². The number of hydrogen-bond donors (Lipinski definition) is 1. The van der Waals surface area contributed by atoms with E-state index in [9.17, 15) is 4.79 Å². The number of rotatable bonds is 3. The normalized spacial score (nSPS) is 17.0. The van der Waals surface area contributed by atoms with E-state index in [0.717, 1.165) is 23.0 Å². The third-order valence-corrected chi connectivity index (χ3v) is 3.01. The lowest BCUT2D eigenvalue weighted by atomic mass is 10.0. The molecule has 0 aliphatic carbocycles. The molecular weight excluding hydrogens is 256 g/mol. The molecule has 4 nitrogen and oxygen atoms in total. The fourth-order valence-electron chi connectivity index (χ4n) is 2.04. The van der Waals surface area contributed by atoms with Gasteiger partial charge in [0.25, 0.3) is 6.29 Å². The molecule has 2 aromatic carbocycles. The Morgan fingerprint density at radius 1 is 1.00 bits per heavy atom. The van der Waals surface area contributed by atoms with Gasteiger partial charge in [-0.05, 0) is 17.2 Å². The van der Waals surface area contributed by atoms with Crippen LogP contribution in [0.1, 0.15) is 11.9 Å². The molecule has 0 amide bonds. The summed E-state index contributed by atoms with van der Waals surface area (Å²) in [6, 6.07) is 17.6. The fraction of sp³-hybridized carbons (Fsp3) is 0.0625. The Balaban J connectivity index is 1.85. The maximum absolute atomic E-state index is 10.8. The highest BCUT2D eigenvalue weighted by molar-refractivity contribution is 5.84. The average molecular weight is 268 g/mol. The Labute approximate surface area is 115 Å². The molecule has 20 heavy (non-hydrogen) atoms. The predicted molar refractivity (Wildman–Crippen MR) is 72.5 cm³/mol. The molecule has 1 heterocycles. The zero-order valence-corrected chi connectivity index (χ0v) is 10.5.